The zero-order valence-corrected chi connectivity index (χ0v) is 12.5. The van der Waals surface area contributed by atoms with Gasteiger partial charge in [-0.15, -0.1) is 0 Å². The van der Waals surface area contributed by atoms with Crippen LogP contribution in [-0.2, 0) is 6.54 Å². The summed E-state index contributed by atoms with van der Waals surface area (Å²) >= 11 is 3.44. The lowest BCUT2D eigenvalue weighted by Crippen LogP contribution is -2.33. The fourth-order valence-electron chi connectivity index (χ4n) is 2.73. The van der Waals surface area contributed by atoms with Gasteiger partial charge in [0.15, 0.2) is 0 Å². The van der Waals surface area contributed by atoms with Gasteiger partial charge in [0.25, 0.3) is 0 Å². The fourth-order valence-corrected chi connectivity index (χ4v) is 3.21. The van der Waals surface area contributed by atoms with Crippen molar-refractivity contribution in [2.24, 2.45) is 5.92 Å². The number of halogens is 2. The first-order valence-corrected chi connectivity index (χ1v) is 7.64. The second-order valence-corrected chi connectivity index (χ2v) is 6.10. The summed E-state index contributed by atoms with van der Waals surface area (Å²) < 4.78 is 13.9. The van der Waals surface area contributed by atoms with Gasteiger partial charge in [-0.2, -0.15) is 0 Å². The van der Waals surface area contributed by atoms with E-state index in [0.29, 0.717) is 0 Å². The maximum atomic E-state index is 13.0. The molecule has 1 aromatic rings. The first kappa shape index (κ1) is 14.0. The zero-order chi connectivity index (χ0) is 13.0. The SMILES string of the molecule is CCCC1CCN(Cc2ccc(F)cc2Br)CC1. The van der Waals surface area contributed by atoms with Crippen LogP contribution in [0.4, 0.5) is 4.39 Å². The van der Waals surface area contributed by atoms with Gasteiger partial charge in [-0.25, -0.2) is 4.39 Å². The van der Waals surface area contributed by atoms with Crippen LogP contribution in [0, 0.1) is 11.7 Å². The number of hydrogen-bond acceptors (Lipinski definition) is 1. The third-order valence-electron chi connectivity index (χ3n) is 3.81. The van der Waals surface area contributed by atoms with Crippen LogP contribution in [0.1, 0.15) is 38.2 Å². The van der Waals surface area contributed by atoms with Crippen molar-refractivity contribution in [2.75, 3.05) is 13.1 Å². The second kappa shape index (κ2) is 6.67. The van der Waals surface area contributed by atoms with E-state index in [1.807, 2.05) is 6.07 Å². The van der Waals surface area contributed by atoms with Crippen molar-refractivity contribution in [1.29, 1.82) is 0 Å². The molecule has 100 valence electrons. The Balaban J connectivity index is 1.87. The molecule has 18 heavy (non-hydrogen) atoms. The van der Waals surface area contributed by atoms with E-state index in [2.05, 4.69) is 27.8 Å². The van der Waals surface area contributed by atoms with Gasteiger partial charge in [0, 0.05) is 11.0 Å². The van der Waals surface area contributed by atoms with Gasteiger partial charge < -0.3 is 0 Å². The standard InChI is InChI=1S/C15H21BrFN/c1-2-3-12-6-8-18(9-7-12)11-13-4-5-14(17)10-15(13)16/h4-5,10,12H,2-3,6-9,11H2,1H3. The zero-order valence-electron chi connectivity index (χ0n) is 11.0. The van der Waals surface area contributed by atoms with Crippen molar-refractivity contribution in [2.45, 2.75) is 39.2 Å². The molecule has 0 radical (unpaired) electrons. The molecular formula is C15H21BrFN. The van der Waals surface area contributed by atoms with Crippen LogP contribution in [0.2, 0.25) is 0 Å². The number of piperidine rings is 1. The van der Waals surface area contributed by atoms with Crippen LogP contribution in [0.3, 0.4) is 0 Å². The summed E-state index contributed by atoms with van der Waals surface area (Å²) in [6, 6.07) is 4.99. The van der Waals surface area contributed by atoms with Gasteiger partial charge in [0.1, 0.15) is 5.82 Å². The minimum Gasteiger partial charge on any atom is -0.299 e. The van der Waals surface area contributed by atoms with Gasteiger partial charge in [0.2, 0.25) is 0 Å². The Morgan fingerprint density at radius 1 is 1.33 bits per heavy atom. The van der Waals surface area contributed by atoms with E-state index in [1.165, 1.54) is 44.3 Å². The predicted octanol–water partition coefficient (Wildman–Crippen LogP) is 4.60. The Morgan fingerprint density at radius 3 is 2.67 bits per heavy atom. The van der Waals surface area contributed by atoms with Crippen LogP contribution >= 0.6 is 15.9 Å². The molecule has 1 aliphatic rings. The van der Waals surface area contributed by atoms with Gasteiger partial charge in [0.05, 0.1) is 0 Å². The van der Waals surface area contributed by atoms with Crippen LogP contribution < -0.4 is 0 Å². The van der Waals surface area contributed by atoms with E-state index < -0.39 is 0 Å². The van der Waals surface area contributed by atoms with Crippen LogP contribution in [-0.4, -0.2) is 18.0 Å². The Hall–Kier alpha value is -0.410. The smallest absolute Gasteiger partial charge is 0.124 e. The minimum atomic E-state index is -0.174. The van der Waals surface area contributed by atoms with E-state index in [4.69, 9.17) is 0 Å². The first-order valence-electron chi connectivity index (χ1n) is 6.85. The van der Waals surface area contributed by atoms with Gasteiger partial charge >= 0.3 is 0 Å². The van der Waals surface area contributed by atoms with Crippen LogP contribution in [0.25, 0.3) is 0 Å². The fraction of sp³-hybridized carbons (Fsp3) is 0.600. The summed E-state index contributed by atoms with van der Waals surface area (Å²) in [5.74, 6) is 0.746. The highest BCUT2D eigenvalue weighted by molar-refractivity contribution is 9.10. The largest absolute Gasteiger partial charge is 0.299 e. The molecule has 0 aromatic heterocycles. The van der Waals surface area contributed by atoms with Crippen molar-refractivity contribution < 1.29 is 4.39 Å². The third kappa shape index (κ3) is 3.79. The van der Waals surface area contributed by atoms with Gasteiger partial charge in [-0.3, -0.25) is 4.90 Å². The summed E-state index contributed by atoms with van der Waals surface area (Å²) in [6.45, 7) is 5.55. The summed E-state index contributed by atoms with van der Waals surface area (Å²) in [6.07, 6.45) is 5.29. The van der Waals surface area contributed by atoms with Crippen molar-refractivity contribution in [3.63, 3.8) is 0 Å². The van der Waals surface area contributed by atoms with Crippen LogP contribution in [0.5, 0.6) is 0 Å². The quantitative estimate of drug-likeness (QED) is 0.785. The third-order valence-corrected chi connectivity index (χ3v) is 4.55. The average Bonchev–Trinajstić information content (AvgIpc) is 2.35. The molecule has 0 spiro atoms. The van der Waals surface area contributed by atoms with Crippen molar-refractivity contribution in [3.8, 4) is 0 Å². The summed E-state index contributed by atoms with van der Waals surface area (Å²) in [5, 5.41) is 0. The van der Waals surface area contributed by atoms with Crippen LogP contribution in [0.15, 0.2) is 22.7 Å². The molecule has 1 heterocycles. The highest BCUT2D eigenvalue weighted by Crippen LogP contribution is 2.25. The molecule has 1 aromatic carbocycles. The van der Waals surface area contributed by atoms with Gasteiger partial charge in [-0.1, -0.05) is 41.8 Å². The normalized spacial score (nSPS) is 18.2. The summed E-state index contributed by atoms with van der Waals surface area (Å²) in [7, 11) is 0. The molecular weight excluding hydrogens is 293 g/mol. The highest BCUT2D eigenvalue weighted by Gasteiger charge is 2.19. The molecule has 3 heteroatoms. The highest BCUT2D eigenvalue weighted by atomic mass is 79.9. The van der Waals surface area contributed by atoms with Crippen molar-refractivity contribution in [1.82, 2.24) is 4.90 Å². The Labute approximate surface area is 118 Å². The minimum absolute atomic E-state index is 0.174. The van der Waals surface area contributed by atoms with Gasteiger partial charge in [-0.05, 0) is 49.5 Å². The summed E-state index contributed by atoms with van der Waals surface area (Å²) in [5.41, 5.74) is 1.19. The molecule has 0 bridgehead atoms. The molecule has 2 rings (SSSR count). The molecule has 0 unspecified atom stereocenters. The topological polar surface area (TPSA) is 3.24 Å². The van der Waals surface area contributed by atoms with E-state index in [0.717, 1.165) is 16.9 Å². The monoisotopic (exact) mass is 313 g/mol. The number of nitrogens with zero attached hydrogens (tertiary/aromatic N) is 1. The van der Waals surface area contributed by atoms with E-state index in [-0.39, 0.29) is 5.82 Å². The average molecular weight is 314 g/mol. The van der Waals surface area contributed by atoms with E-state index >= 15 is 0 Å². The first-order chi connectivity index (χ1) is 8.69. The number of likely N-dealkylation sites (tertiary alicyclic amines) is 1. The second-order valence-electron chi connectivity index (χ2n) is 5.24. The summed E-state index contributed by atoms with van der Waals surface area (Å²) in [4.78, 5) is 2.48. The molecule has 0 atom stereocenters. The Morgan fingerprint density at radius 2 is 2.06 bits per heavy atom. The molecule has 1 saturated heterocycles. The van der Waals surface area contributed by atoms with E-state index in [1.54, 1.807) is 12.1 Å². The molecule has 1 fully saturated rings. The number of benzene rings is 1. The molecule has 0 saturated carbocycles. The van der Waals surface area contributed by atoms with Crippen molar-refractivity contribution in [3.05, 3.63) is 34.1 Å². The lowest BCUT2D eigenvalue weighted by molar-refractivity contribution is 0.171. The van der Waals surface area contributed by atoms with E-state index in [9.17, 15) is 4.39 Å². The molecule has 0 N–H and O–H groups in total. The lowest BCUT2D eigenvalue weighted by atomic mass is 9.92. The molecule has 1 aliphatic heterocycles. The van der Waals surface area contributed by atoms with Crippen molar-refractivity contribution >= 4 is 15.9 Å². The molecule has 0 aliphatic carbocycles. The predicted molar refractivity (Wildman–Crippen MR) is 77.0 cm³/mol. The molecule has 0 amide bonds. The maximum absolute atomic E-state index is 13.0. The lowest BCUT2D eigenvalue weighted by Gasteiger charge is -2.32. The maximum Gasteiger partial charge on any atom is 0.124 e. The molecule has 1 nitrogen and oxygen atoms in total. The Bertz CT molecular complexity index is 386. The number of rotatable bonds is 4. The Kier molecular flexibility index (Phi) is 5.19. The number of hydrogen-bond donors (Lipinski definition) is 0.